The molecule has 0 saturated heterocycles. The number of aliphatic hydroxyl groups excluding tert-OH is 2. The van der Waals surface area contributed by atoms with Gasteiger partial charge in [0.25, 0.3) is 0 Å². The number of thioether (sulfide) groups is 1. The van der Waals surface area contributed by atoms with Gasteiger partial charge in [-0.15, -0.1) is 0 Å². The molecule has 0 bridgehead atoms. The van der Waals surface area contributed by atoms with Gasteiger partial charge in [-0.3, -0.25) is 19.2 Å². The molecule has 502 valence electrons. The summed E-state index contributed by atoms with van der Waals surface area (Å²) in [5.74, 6) is -0.900. The average Bonchev–Trinajstić information content (AvgIpc) is 3.57. The fourth-order valence-electron chi connectivity index (χ4n) is 3.86. The van der Waals surface area contributed by atoms with E-state index < -0.39 is 0 Å². The number of aliphatic hydroxyl groups is 2. The summed E-state index contributed by atoms with van der Waals surface area (Å²) >= 11 is 1.75. The third-order valence-electron chi connectivity index (χ3n) is 6.80. The van der Waals surface area contributed by atoms with Gasteiger partial charge in [0.1, 0.15) is 0 Å². The van der Waals surface area contributed by atoms with Gasteiger partial charge in [-0.05, 0) is 31.3 Å². The molecule has 0 amide bonds. The largest absolute Gasteiger partial charge is 0.466 e. The van der Waals surface area contributed by atoms with Crippen LogP contribution >= 0.6 is 11.8 Å². The van der Waals surface area contributed by atoms with Crippen LogP contribution in [0, 0.1) is 5.92 Å². The van der Waals surface area contributed by atoms with Gasteiger partial charge in [-0.2, -0.15) is 11.8 Å². The maximum absolute atomic E-state index is 10.5. The van der Waals surface area contributed by atoms with Crippen molar-refractivity contribution < 1.29 is 53.1 Å². The molecule has 0 spiro atoms. The van der Waals surface area contributed by atoms with Crippen LogP contribution in [0.1, 0.15) is 167 Å². The summed E-state index contributed by atoms with van der Waals surface area (Å²) in [7, 11) is 2.00. The zero-order valence-electron chi connectivity index (χ0n) is 55.0. The highest BCUT2D eigenvalue weighted by molar-refractivity contribution is 7.97. The quantitative estimate of drug-likeness (QED) is 0.0519. The maximum atomic E-state index is 10.5. The molecule has 6 aromatic carbocycles. The molecule has 0 aliphatic rings. The van der Waals surface area contributed by atoms with Crippen LogP contribution in [0.15, 0.2) is 218 Å². The second-order valence-electron chi connectivity index (χ2n) is 13.1. The molecular formula is C74H134O11S. The smallest absolute Gasteiger partial charge is 0.304 e. The van der Waals surface area contributed by atoms with E-state index >= 15 is 0 Å². The fraction of sp³-hybridized carbons (Fsp3) is 0.459. The first kappa shape index (κ1) is 118. The first-order valence-corrected chi connectivity index (χ1v) is 30.1. The zero-order chi connectivity index (χ0) is 65.2. The van der Waals surface area contributed by atoms with Crippen molar-refractivity contribution in [1.29, 1.82) is 0 Å². The highest BCUT2D eigenvalue weighted by Crippen LogP contribution is 2.06. The number of carbonyl (C=O) groups is 4. The van der Waals surface area contributed by atoms with Crippen molar-refractivity contribution >= 4 is 35.6 Å². The highest BCUT2D eigenvalue weighted by atomic mass is 32.2. The first-order chi connectivity index (χ1) is 40.1. The van der Waals surface area contributed by atoms with Crippen LogP contribution in [0.2, 0.25) is 0 Å². The Morgan fingerprint density at radius 3 is 0.628 bits per heavy atom. The molecule has 2 N–H and O–H groups in total. The van der Waals surface area contributed by atoms with E-state index in [4.69, 9.17) is 19.7 Å². The van der Waals surface area contributed by atoms with Gasteiger partial charge in [0, 0.05) is 48.3 Å². The summed E-state index contributed by atoms with van der Waals surface area (Å²) in [5.41, 5.74) is 0. The van der Waals surface area contributed by atoms with E-state index in [9.17, 15) is 19.2 Å². The Labute approximate surface area is 537 Å². The summed E-state index contributed by atoms with van der Waals surface area (Å²) in [5, 5.41) is 14.0. The lowest BCUT2D eigenvalue weighted by atomic mass is 10.1. The van der Waals surface area contributed by atoms with Gasteiger partial charge in [-0.25, -0.2) is 0 Å². The molecule has 1 unspecified atom stereocenters. The molecule has 0 radical (unpaired) electrons. The Morgan fingerprint density at radius 2 is 0.477 bits per heavy atom. The summed E-state index contributed by atoms with van der Waals surface area (Å²) < 4.78 is 23.7. The summed E-state index contributed by atoms with van der Waals surface area (Å²) in [4.78, 5) is 41.3. The molecular weight excluding hydrogens is 1100 g/mol. The van der Waals surface area contributed by atoms with Crippen molar-refractivity contribution in [2.45, 2.75) is 167 Å². The van der Waals surface area contributed by atoms with Crippen LogP contribution < -0.4 is 0 Å². The molecule has 6 aromatic rings. The number of carbonyl (C=O) groups excluding carboxylic acids is 4. The monoisotopic (exact) mass is 1230 g/mol. The molecule has 0 aromatic heterocycles. The van der Waals surface area contributed by atoms with Crippen LogP contribution in [-0.4, -0.2) is 94.0 Å². The van der Waals surface area contributed by atoms with Gasteiger partial charge in [-0.1, -0.05) is 338 Å². The molecule has 12 heteroatoms. The Morgan fingerprint density at radius 1 is 0.314 bits per heavy atom. The number of hydrogen-bond acceptors (Lipinski definition) is 12. The minimum Gasteiger partial charge on any atom is -0.466 e. The van der Waals surface area contributed by atoms with Gasteiger partial charge in [0.2, 0.25) is 0 Å². The summed E-state index contributed by atoms with van der Waals surface area (Å²) in [6.45, 7) is 33.0. The Kier molecular flexibility index (Phi) is 188. The maximum Gasteiger partial charge on any atom is 0.304 e. The number of benzene rings is 6. The van der Waals surface area contributed by atoms with E-state index in [0.717, 1.165) is 27.1 Å². The second-order valence-corrected chi connectivity index (χ2v) is 13.9. The fourth-order valence-corrected chi connectivity index (χ4v) is 3.86. The molecule has 1 atom stereocenters. The summed E-state index contributed by atoms with van der Waals surface area (Å²) in [6, 6.07) is 72.0. The lowest BCUT2D eigenvalue weighted by Crippen LogP contribution is -2.11. The van der Waals surface area contributed by atoms with Crippen LogP contribution in [0.4, 0.5) is 0 Å². The first-order valence-electron chi connectivity index (χ1n) is 28.5. The molecule has 0 aliphatic carbocycles. The predicted octanol–water partition coefficient (Wildman–Crippen LogP) is 21.0. The molecule has 11 nitrogen and oxygen atoms in total. The van der Waals surface area contributed by atoms with E-state index in [1.807, 2.05) is 321 Å². The molecule has 0 aliphatic heterocycles. The number of ether oxygens (including phenoxy) is 5. The van der Waals surface area contributed by atoms with Crippen molar-refractivity contribution in [3.63, 3.8) is 0 Å². The molecule has 0 saturated carbocycles. The molecule has 86 heavy (non-hydrogen) atoms. The van der Waals surface area contributed by atoms with E-state index in [2.05, 4.69) is 14.2 Å². The predicted molar refractivity (Wildman–Crippen MR) is 385 cm³/mol. The third kappa shape index (κ3) is 171. The van der Waals surface area contributed by atoms with E-state index in [-0.39, 0.29) is 60.4 Å². The summed E-state index contributed by atoms with van der Waals surface area (Å²) in [6.07, 6.45) is 6.40. The lowest BCUT2D eigenvalue weighted by molar-refractivity contribution is -0.153. The Balaban J connectivity index is -0.0000000501. The number of esters is 4. The zero-order valence-corrected chi connectivity index (χ0v) is 55.8. The molecule has 6 rings (SSSR count). The lowest BCUT2D eigenvalue weighted by Gasteiger charge is -2.10. The Bertz CT molecular complexity index is 1380. The van der Waals surface area contributed by atoms with Crippen molar-refractivity contribution in [1.82, 2.24) is 0 Å². The SMILES string of the molecule is C.C.C.C.CC.CC.CC.CC.CC.CC.CC(=O)OCCCOC(C)=O.CC(=O)OCOCCCC(C)COC(C)=O.CO.CO.CSC.c1ccccc1.c1ccccc1.c1ccccc1.c1ccccc1.c1ccccc1.c1ccccc1. The highest BCUT2D eigenvalue weighted by Gasteiger charge is 2.04. The molecule has 0 fully saturated rings. The van der Waals surface area contributed by atoms with E-state index in [1.54, 1.807) is 11.8 Å². The number of hydrogen-bond donors (Lipinski definition) is 2. The van der Waals surface area contributed by atoms with E-state index in [0.29, 0.717) is 38.8 Å². The van der Waals surface area contributed by atoms with Gasteiger partial charge < -0.3 is 33.9 Å². The third-order valence-corrected chi connectivity index (χ3v) is 6.80. The second kappa shape index (κ2) is 138. The Hall–Kier alpha value is -6.57. The minimum absolute atomic E-state index is 0. The van der Waals surface area contributed by atoms with E-state index in [1.165, 1.54) is 27.7 Å². The van der Waals surface area contributed by atoms with Crippen LogP contribution in [0.25, 0.3) is 0 Å². The minimum atomic E-state index is -0.344. The number of rotatable bonds is 12. The average molecular weight is 1230 g/mol. The van der Waals surface area contributed by atoms with Gasteiger partial charge >= 0.3 is 23.9 Å². The van der Waals surface area contributed by atoms with Crippen LogP contribution in [0.5, 0.6) is 0 Å². The normalized spacial score (nSPS) is 7.48. The molecule has 0 heterocycles. The van der Waals surface area contributed by atoms with Crippen LogP contribution in [0.3, 0.4) is 0 Å². The standard InChI is InChI=1S/C11H20O5.C7H12O4.6C6H6.C2H6S.6C2H6.2CH4O.4CH4/c1-9(7-15-10(2)12)5-4-6-14-8-16-11(3)13;1-6(8)10-4-3-5-11-7(2)9;6*1-2-4-6-5-3-1;1-3-2;8*1-2;;;;/h9H,4-8H2,1-3H3;3-5H2,1-2H3;6*1-6H;1-2H3;6*1-2H3;2*2H,1H3;4*1H4. The van der Waals surface area contributed by atoms with Crippen LogP contribution in [-0.2, 0) is 42.9 Å². The van der Waals surface area contributed by atoms with Crippen molar-refractivity contribution in [3.05, 3.63) is 218 Å². The van der Waals surface area contributed by atoms with Crippen molar-refractivity contribution in [2.24, 2.45) is 5.92 Å². The van der Waals surface area contributed by atoms with Gasteiger partial charge in [0.05, 0.1) is 26.4 Å². The topological polar surface area (TPSA) is 155 Å². The van der Waals surface area contributed by atoms with Crippen molar-refractivity contribution in [2.75, 3.05) is 60.0 Å². The van der Waals surface area contributed by atoms with Gasteiger partial charge in [0.15, 0.2) is 6.79 Å². The van der Waals surface area contributed by atoms with Crippen molar-refractivity contribution in [3.8, 4) is 0 Å².